The highest BCUT2D eigenvalue weighted by Crippen LogP contribution is 2.12. The summed E-state index contributed by atoms with van der Waals surface area (Å²) in [7, 11) is 0. The molecule has 0 amide bonds. The third kappa shape index (κ3) is 15.5. The topological polar surface area (TPSA) is 37.3 Å². The van der Waals surface area contributed by atoms with Crippen molar-refractivity contribution >= 4 is 5.97 Å². The van der Waals surface area contributed by atoms with Crippen molar-refractivity contribution in [2.75, 3.05) is 0 Å². The number of carbonyl (C=O) groups is 1. The Kier molecular flexibility index (Phi) is 7.58. The first-order chi connectivity index (χ1) is 10.9. The summed E-state index contributed by atoms with van der Waals surface area (Å²) >= 11 is 0. The molecule has 0 radical (unpaired) electrons. The highest BCUT2D eigenvalue weighted by Gasteiger charge is 1.96. The van der Waals surface area contributed by atoms with Crippen LogP contribution in [0.15, 0.2) is 0 Å². The molecule has 0 bridgehead atoms. The van der Waals surface area contributed by atoms with E-state index in [9.17, 15) is 4.79 Å². The second kappa shape index (κ2) is 14.5. The highest BCUT2D eigenvalue weighted by atomic mass is 16.4. The van der Waals surface area contributed by atoms with E-state index in [-0.39, 0.29) is 19.3 Å². The average molecular weight is 262 g/mol. The molecule has 0 aliphatic rings. The van der Waals surface area contributed by atoms with Crippen LogP contribution in [0.4, 0.5) is 0 Å². The molecule has 0 unspecified atom stereocenters. The summed E-state index contributed by atoms with van der Waals surface area (Å²) in [6.45, 7) is 1.79. The third-order valence-corrected chi connectivity index (χ3v) is 2.72. The van der Waals surface area contributed by atoms with Gasteiger partial charge in [-0.3, -0.25) is 4.79 Å². The Labute approximate surface area is 122 Å². The summed E-state index contributed by atoms with van der Waals surface area (Å²) in [5, 5.41) is 8.54. The van der Waals surface area contributed by atoms with Crippen molar-refractivity contribution in [3.05, 3.63) is 0 Å². The van der Waals surface area contributed by atoms with E-state index in [1.807, 2.05) is 0 Å². The van der Waals surface area contributed by atoms with Gasteiger partial charge in [-0.05, 0) is 6.42 Å². The largest absolute Gasteiger partial charge is 0.481 e. The molecule has 18 heavy (non-hydrogen) atoms. The van der Waals surface area contributed by atoms with Gasteiger partial charge in [0.15, 0.2) is 0 Å². The van der Waals surface area contributed by atoms with Crippen molar-refractivity contribution in [3.63, 3.8) is 0 Å². The summed E-state index contributed by atoms with van der Waals surface area (Å²) in [5.74, 6) is -0.825. The molecule has 0 aromatic carbocycles. The quantitative estimate of drug-likeness (QED) is 0.417. The van der Waals surface area contributed by atoms with Gasteiger partial charge >= 0.3 is 5.97 Å². The summed E-state index contributed by atoms with van der Waals surface area (Å²) in [4.78, 5) is 10.4. The maximum Gasteiger partial charge on any atom is 0.303 e. The first-order valence-electron chi connectivity index (χ1n) is 10.2. The second-order valence-electron chi connectivity index (χ2n) is 4.47. The summed E-state index contributed by atoms with van der Waals surface area (Å²) in [6, 6.07) is 0. The Morgan fingerprint density at radius 1 is 0.833 bits per heavy atom. The third-order valence-electron chi connectivity index (χ3n) is 2.72. The molecule has 0 fully saturated rings. The molecule has 0 rings (SSSR count). The van der Waals surface area contributed by atoms with E-state index in [4.69, 9.17) is 13.3 Å². The number of aliphatic carboxylic acids is 1. The van der Waals surface area contributed by atoms with Gasteiger partial charge in [0, 0.05) is 14.6 Å². The van der Waals surface area contributed by atoms with Crippen molar-refractivity contribution in [3.8, 4) is 0 Å². The van der Waals surface area contributed by atoms with Gasteiger partial charge in [0.2, 0.25) is 0 Å². The fourth-order valence-corrected chi connectivity index (χ4v) is 1.66. The van der Waals surface area contributed by atoms with E-state index in [0.717, 1.165) is 6.42 Å². The van der Waals surface area contributed by atoms with E-state index in [1.165, 1.54) is 0 Å². The summed E-state index contributed by atoms with van der Waals surface area (Å²) in [6.07, 6.45) is -0.309. The molecule has 0 saturated carbocycles. The Balaban J connectivity index is 4.08. The zero-order valence-corrected chi connectivity index (χ0v) is 11.6. The molecule has 2 heteroatoms. The number of carboxylic acid groups (broad SMARTS) is 1. The van der Waals surface area contributed by atoms with Crippen LogP contribution in [-0.2, 0) is 4.79 Å². The van der Waals surface area contributed by atoms with Crippen LogP contribution >= 0.6 is 0 Å². The number of carboxylic acids is 1. The monoisotopic (exact) mass is 262 g/mol. The summed E-state index contributed by atoms with van der Waals surface area (Å²) in [5.41, 5.74) is 0. The van der Waals surface area contributed by atoms with Gasteiger partial charge in [-0.2, -0.15) is 0 Å². The zero-order chi connectivity index (χ0) is 18.9. The molecule has 0 aliphatic carbocycles. The van der Waals surface area contributed by atoms with E-state index in [2.05, 4.69) is 0 Å². The Hall–Kier alpha value is -0.530. The molecule has 0 atom stereocenters. The van der Waals surface area contributed by atoms with Crippen LogP contribution in [0.1, 0.15) is 105 Å². The molecule has 2 nitrogen and oxygen atoms in total. The minimum Gasteiger partial charge on any atom is -0.481 e. The molecule has 0 spiro atoms. The van der Waals surface area contributed by atoms with Crippen LogP contribution in [-0.4, -0.2) is 11.1 Å². The lowest BCUT2D eigenvalue weighted by atomic mass is 10.0. The predicted octanol–water partition coefficient (Wildman–Crippen LogP) is 5.55. The fourth-order valence-electron chi connectivity index (χ4n) is 1.66. The van der Waals surface area contributed by atoms with Crippen LogP contribution in [0.3, 0.4) is 0 Å². The average Bonchev–Trinajstić information content (AvgIpc) is 2.47. The van der Waals surface area contributed by atoms with Gasteiger partial charge in [-0.25, -0.2) is 0 Å². The van der Waals surface area contributed by atoms with Crippen molar-refractivity contribution in [1.82, 2.24) is 0 Å². The van der Waals surface area contributed by atoms with Crippen LogP contribution in [0.25, 0.3) is 0 Å². The lowest BCUT2D eigenvalue weighted by molar-refractivity contribution is -0.137. The summed E-state index contributed by atoms with van der Waals surface area (Å²) < 4.78 is 47.3. The number of hydrogen-bond acceptors (Lipinski definition) is 1. The van der Waals surface area contributed by atoms with Crippen LogP contribution < -0.4 is 0 Å². The molecular weight excluding hydrogens is 224 g/mol. The molecule has 0 aromatic heterocycles. The lowest BCUT2D eigenvalue weighted by Gasteiger charge is -2.02. The predicted molar refractivity (Wildman–Crippen MR) is 77.9 cm³/mol. The normalized spacial score (nSPS) is 18.1. The standard InChI is InChI=1S/C16H32O2/c1-2-3-4-5-6-7-8-9-10-11-12-13-14-15-16(17)18/h2-15H2,1H3,(H,17,18)/i3D2,8D2,9D2. The van der Waals surface area contributed by atoms with Crippen LogP contribution in [0.5, 0.6) is 0 Å². The van der Waals surface area contributed by atoms with Gasteiger partial charge in [-0.1, -0.05) is 83.8 Å². The van der Waals surface area contributed by atoms with Gasteiger partial charge < -0.3 is 5.11 Å². The maximum atomic E-state index is 10.4. The molecule has 1 N–H and O–H groups in total. The second-order valence-corrected chi connectivity index (χ2v) is 4.47. The Morgan fingerprint density at radius 2 is 1.28 bits per heavy atom. The minimum absolute atomic E-state index is 0.0960. The SMILES string of the molecule is [2H]C([2H])(CC)CCCCC([2H])([2H])C([2H])([2H])CCCCCCC(=O)O. The molecule has 0 heterocycles. The van der Waals surface area contributed by atoms with E-state index in [0.29, 0.717) is 44.9 Å². The highest BCUT2D eigenvalue weighted by molar-refractivity contribution is 5.66. The molecule has 108 valence electrons. The van der Waals surface area contributed by atoms with Crippen LogP contribution in [0, 0.1) is 0 Å². The first-order valence-corrected chi connectivity index (χ1v) is 7.15. The smallest absolute Gasteiger partial charge is 0.303 e. The van der Waals surface area contributed by atoms with E-state index in [1.54, 1.807) is 6.92 Å². The van der Waals surface area contributed by atoms with Gasteiger partial charge in [-0.15, -0.1) is 0 Å². The van der Waals surface area contributed by atoms with Crippen molar-refractivity contribution in [2.45, 2.75) is 96.7 Å². The van der Waals surface area contributed by atoms with Crippen molar-refractivity contribution in [2.24, 2.45) is 0 Å². The first kappa shape index (κ1) is 9.39. The Morgan fingerprint density at radius 3 is 1.78 bits per heavy atom. The fraction of sp³-hybridized carbons (Fsp3) is 0.938. The number of rotatable bonds is 14. The number of unbranched alkanes of at least 4 members (excludes halogenated alkanes) is 4. The van der Waals surface area contributed by atoms with Crippen molar-refractivity contribution < 1.29 is 18.1 Å². The Bertz CT molecular complexity index is 372. The molecular formula is C16H32O2. The maximum absolute atomic E-state index is 10.4. The van der Waals surface area contributed by atoms with Gasteiger partial charge in [0.05, 0.1) is 0 Å². The van der Waals surface area contributed by atoms with Gasteiger partial charge in [0.25, 0.3) is 0 Å². The van der Waals surface area contributed by atoms with Crippen LogP contribution in [0.2, 0.25) is 0 Å². The zero-order valence-electron chi connectivity index (χ0n) is 17.6. The lowest BCUT2D eigenvalue weighted by Crippen LogP contribution is -1.93. The molecule has 0 aromatic rings. The minimum atomic E-state index is -1.92. The van der Waals surface area contributed by atoms with E-state index < -0.39 is 25.1 Å². The van der Waals surface area contributed by atoms with E-state index >= 15 is 0 Å². The van der Waals surface area contributed by atoms with Gasteiger partial charge in [0.1, 0.15) is 0 Å². The molecule has 0 aliphatic heterocycles. The number of hydrogen-bond donors (Lipinski definition) is 1. The molecule has 0 saturated heterocycles. The van der Waals surface area contributed by atoms with Crippen molar-refractivity contribution in [1.29, 1.82) is 0 Å².